The molecule has 0 aliphatic heterocycles. The van der Waals surface area contributed by atoms with Gasteiger partial charge in [0, 0.05) is 18.1 Å². The molecule has 1 aliphatic carbocycles. The second-order valence-corrected chi connectivity index (χ2v) is 6.26. The number of nitrogens with two attached hydrogens (primary N) is 1. The van der Waals surface area contributed by atoms with Gasteiger partial charge >= 0.3 is 0 Å². The molecule has 1 unspecified atom stereocenters. The lowest BCUT2D eigenvalue weighted by molar-refractivity contribution is 0.312. The Kier molecular flexibility index (Phi) is 5.48. The number of hydrogen-bond acceptors (Lipinski definition) is 4. The van der Waals surface area contributed by atoms with E-state index in [1.165, 1.54) is 31.2 Å². The molecular weight excluding hydrogens is 264 g/mol. The Bertz CT molecular complexity index is 458. The molecule has 1 fully saturated rings. The molecule has 4 nitrogen and oxygen atoms in total. The Labute approximate surface area is 128 Å². The summed E-state index contributed by atoms with van der Waals surface area (Å²) in [6, 6.07) is 6.70. The number of ether oxygens (including phenoxy) is 2. The second kappa shape index (κ2) is 7.14. The van der Waals surface area contributed by atoms with E-state index in [-0.39, 0.29) is 5.54 Å². The number of nitrogens with one attached hydrogen (secondary N) is 1. The number of hydrogen-bond donors (Lipinski definition) is 2. The van der Waals surface area contributed by atoms with Crippen molar-refractivity contribution in [3.8, 4) is 11.5 Å². The van der Waals surface area contributed by atoms with E-state index in [0.29, 0.717) is 12.6 Å². The Morgan fingerprint density at radius 1 is 1.19 bits per heavy atom. The first kappa shape index (κ1) is 16.1. The van der Waals surface area contributed by atoms with Gasteiger partial charge in [0.2, 0.25) is 0 Å². The third kappa shape index (κ3) is 4.11. The standard InChI is InChI=1S/C17H28N2O2/c1-17(12-18,19-14-6-4-5-7-14)11-13-8-9-15(20-2)16(10-13)21-3/h8-10,14,19H,4-7,11-12,18H2,1-3H3. The van der Waals surface area contributed by atoms with Gasteiger partial charge in [0.25, 0.3) is 0 Å². The van der Waals surface area contributed by atoms with Crippen molar-refractivity contribution >= 4 is 0 Å². The molecule has 1 atom stereocenters. The molecule has 3 N–H and O–H groups in total. The molecule has 0 bridgehead atoms. The van der Waals surface area contributed by atoms with E-state index in [4.69, 9.17) is 15.2 Å². The fourth-order valence-corrected chi connectivity index (χ4v) is 3.19. The second-order valence-electron chi connectivity index (χ2n) is 6.26. The molecule has 0 radical (unpaired) electrons. The quantitative estimate of drug-likeness (QED) is 0.811. The van der Waals surface area contributed by atoms with Gasteiger partial charge in [0.1, 0.15) is 0 Å². The smallest absolute Gasteiger partial charge is 0.160 e. The van der Waals surface area contributed by atoms with Gasteiger partial charge in [-0.15, -0.1) is 0 Å². The third-order valence-electron chi connectivity index (χ3n) is 4.40. The molecule has 2 rings (SSSR count). The maximum Gasteiger partial charge on any atom is 0.160 e. The largest absolute Gasteiger partial charge is 0.493 e. The van der Waals surface area contributed by atoms with Crippen LogP contribution in [0.2, 0.25) is 0 Å². The normalized spacial score (nSPS) is 18.5. The maximum atomic E-state index is 6.04. The fourth-order valence-electron chi connectivity index (χ4n) is 3.19. The molecule has 1 saturated carbocycles. The van der Waals surface area contributed by atoms with Gasteiger partial charge in [-0.25, -0.2) is 0 Å². The first-order valence-electron chi connectivity index (χ1n) is 7.79. The average molecular weight is 292 g/mol. The summed E-state index contributed by atoms with van der Waals surface area (Å²) in [5.41, 5.74) is 7.18. The first-order chi connectivity index (χ1) is 10.1. The Morgan fingerprint density at radius 2 is 1.86 bits per heavy atom. The minimum Gasteiger partial charge on any atom is -0.493 e. The van der Waals surface area contributed by atoms with Crippen LogP contribution < -0.4 is 20.5 Å². The van der Waals surface area contributed by atoms with Crippen molar-refractivity contribution in [1.82, 2.24) is 5.32 Å². The molecule has 0 saturated heterocycles. The van der Waals surface area contributed by atoms with Gasteiger partial charge in [0.05, 0.1) is 14.2 Å². The van der Waals surface area contributed by atoms with E-state index in [1.54, 1.807) is 14.2 Å². The fraction of sp³-hybridized carbons (Fsp3) is 0.647. The molecule has 21 heavy (non-hydrogen) atoms. The van der Waals surface area contributed by atoms with E-state index >= 15 is 0 Å². The highest BCUT2D eigenvalue weighted by Crippen LogP contribution is 2.29. The van der Waals surface area contributed by atoms with E-state index in [2.05, 4.69) is 18.3 Å². The van der Waals surface area contributed by atoms with Gasteiger partial charge in [-0.3, -0.25) is 0 Å². The average Bonchev–Trinajstić information content (AvgIpc) is 2.99. The van der Waals surface area contributed by atoms with Crippen LogP contribution in [0.4, 0.5) is 0 Å². The molecule has 0 aromatic heterocycles. The van der Waals surface area contributed by atoms with E-state index in [0.717, 1.165) is 17.9 Å². The predicted octanol–water partition coefficient (Wildman–Crippen LogP) is 2.50. The van der Waals surface area contributed by atoms with Crippen molar-refractivity contribution in [1.29, 1.82) is 0 Å². The summed E-state index contributed by atoms with van der Waals surface area (Å²) in [5, 5.41) is 3.76. The Morgan fingerprint density at radius 3 is 2.43 bits per heavy atom. The Balaban J connectivity index is 2.09. The topological polar surface area (TPSA) is 56.5 Å². The van der Waals surface area contributed by atoms with Crippen molar-refractivity contribution in [3.05, 3.63) is 23.8 Å². The summed E-state index contributed by atoms with van der Waals surface area (Å²) in [6.07, 6.45) is 6.08. The zero-order valence-corrected chi connectivity index (χ0v) is 13.4. The molecule has 0 amide bonds. The minimum absolute atomic E-state index is 0.0748. The Hall–Kier alpha value is -1.26. The number of rotatable bonds is 7. The molecule has 118 valence electrons. The number of benzene rings is 1. The molecule has 1 aromatic carbocycles. The summed E-state index contributed by atoms with van der Waals surface area (Å²) in [4.78, 5) is 0. The van der Waals surface area contributed by atoms with Crippen LogP contribution in [0.1, 0.15) is 38.2 Å². The van der Waals surface area contributed by atoms with Crippen molar-refractivity contribution in [2.24, 2.45) is 5.73 Å². The van der Waals surface area contributed by atoms with Crippen molar-refractivity contribution < 1.29 is 9.47 Å². The van der Waals surface area contributed by atoms with Crippen LogP contribution in [0.15, 0.2) is 18.2 Å². The van der Waals surface area contributed by atoms with Crippen LogP contribution in [0, 0.1) is 0 Å². The molecule has 1 aliphatic rings. The van der Waals surface area contributed by atoms with Gasteiger partial charge in [-0.2, -0.15) is 0 Å². The van der Waals surface area contributed by atoms with Gasteiger partial charge < -0.3 is 20.5 Å². The van der Waals surface area contributed by atoms with Crippen LogP contribution >= 0.6 is 0 Å². The van der Waals surface area contributed by atoms with Crippen LogP contribution in [0.3, 0.4) is 0 Å². The predicted molar refractivity (Wildman–Crippen MR) is 86.1 cm³/mol. The minimum atomic E-state index is -0.0748. The van der Waals surface area contributed by atoms with Crippen LogP contribution in [-0.2, 0) is 6.42 Å². The lowest BCUT2D eigenvalue weighted by Crippen LogP contribution is -2.53. The third-order valence-corrected chi connectivity index (χ3v) is 4.40. The van der Waals surface area contributed by atoms with Crippen LogP contribution in [0.25, 0.3) is 0 Å². The molecule has 1 aromatic rings. The SMILES string of the molecule is COc1ccc(CC(C)(CN)NC2CCCC2)cc1OC. The van der Waals surface area contributed by atoms with Gasteiger partial charge in [0.15, 0.2) is 11.5 Å². The lowest BCUT2D eigenvalue weighted by Gasteiger charge is -2.33. The van der Waals surface area contributed by atoms with Crippen molar-refractivity contribution in [3.63, 3.8) is 0 Å². The molecule has 0 heterocycles. The van der Waals surface area contributed by atoms with Crippen molar-refractivity contribution in [2.75, 3.05) is 20.8 Å². The highest BCUT2D eigenvalue weighted by Gasteiger charge is 2.28. The van der Waals surface area contributed by atoms with E-state index in [1.807, 2.05) is 12.1 Å². The lowest BCUT2D eigenvalue weighted by atomic mass is 9.91. The van der Waals surface area contributed by atoms with Crippen LogP contribution in [0.5, 0.6) is 11.5 Å². The van der Waals surface area contributed by atoms with Gasteiger partial charge in [-0.1, -0.05) is 18.9 Å². The summed E-state index contributed by atoms with van der Waals surface area (Å²) in [7, 11) is 3.32. The highest BCUT2D eigenvalue weighted by atomic mass is 16.5. The highest BCUT2D eigenvalue weighted by molar-refractivity contribution is 5.43. The van der Waals surface area contributed by atoms with Crippen LogP contribution in [-0.4, -0.2) is 32.3 Å². The van der Waals surface area contributed by atoms with Crippen molar-refractivity contribution in [2.45, 2.75) is 50.6 Å². The summed E-state index contributed by atoms with van der Waals surface area (Å²) in [5.74, 6) is 1.54. The number of methoxy groups -OCH3 is 2. The monoisotopic (exact) mass is 292 g/mol. The maximum absolute atomic E-state index is 6.04. The summed E-state index contributed by atoms with van der Waals surface area (Å²) in [6.45, 7) is 2.83. The summed E-state index contributed by atoms with van der Waals surface area (Å²) < 4.78 is 10.7. The molecule has 4 heteroatoms. The molecule has 0 spiro atoms. The van der Waals surface area contributed by atoms with E-state index in [9.17, 15) is 0 Å². The van der Waals surface area contributed by atoms with E-state index < -0.39 is 0 Å². The summed E-state index contributed by atoms with van der Waals surface area (Å²) >= 11 is 0. The molecular formula is C17H28N2O2. The zero-order valence-electron chi connectivity index (χ0n) is 13.4. The van der Waals surface area contributed by atoms with Gasteiger partial charge in [-0.05, 0) is 43.9 Å². The first-order valence-corrected chi connectivity index (χ1v) is 7.79. The zero-order chi connectivity index (χ0) is 15.3.